The summed E-state index contributed by atoms with van der Waals surface area (Å²) < 4.78 is 13.0. The highest BCUT2D eigenvalue weighted by Gasteiger charge is 2.08. The summed E-state index contributed by atoms with van der Waals surface area (Å²) in [4.78, 5) is 2.06. The maximum atomic E-state index is 13.0. The fourth-order valence-corrected chi connectivity index (χ4v) is 1.63. The number of halogens is 1. The van der Waals surface area contributed by atoms with E-state index in [-0.39, 0.29) is 12.4 Å². The molecule has 0 radical (unpaired) electrons. The second-order valence-electron chi connectivity index (χ2n) is 4.54. The summed E-state index contributed by atoms with van der Waals surface area (Å²) in [5.74, 6) is 0.338. The van der Waals surface area contributed by atoms with Crippen molar-refractivity contribution in [3.63, 3.8) is 0 Å². The van der Waals surface area contributed by atoms with E-state index >= 15 is 0 Å². The van der Waals surface area contributed by atoms with Crippen LogP contribution in [0.15, 0.2) is 18.2 Å². The third-order valence-corrected chi connectivity index (χ3v) is 2.66. The Kier molecular flexibility index (Phi) is 4.74. The third-order valence-electron chi connectivity index (χ3n) is 2.66. The molecular weight excluding hydrogens is 205 g/mol. The zero-order valence-electron chi connectivity index (χ0n) is 10.2. The molecule has 90 valence electrons. The van der Waals surface area contributed by atoms with Crippen molar-refractivity contribution in [2.24, 2.45) is 5.92 Å². The minimum Gasteiger partial charge on any atom is -0.392 e. The molecule has 0 aliphatic heterocycles. The molecule has 2 nitrogen and oxygen atoms in total. The van der Waals surface area contributed by atoms with Crippen LogP contribution >= 0.6 is 0 Å². The van der Waals surface area contributed by atoms with Gasteiger partial charge in [0.1, 0.15) is 5.82 Å². The lowest BCUT2D eigenvalue weighted by Gasteiger charge is -2.22. The van der Waals surface area contributed by atoms with Crippen molar-refractivity contribution in [3.8, 4) is 0 Å². The van der Waals surface area contributed by atoms with Gasteiger partial charge in [-0.3, -0.25) is 0 Å². The van der Waals surface area contributed by atoms with Gasteiger partial charge in [0.05, 0.1) is 6.61 Å². The molecule has 1 rings (SSSR count). The lowest BCUT2D eigenvalue weighted by atomic mass is 10.1. The van der Waals surface area contributed by atoms with Gasteiger partial charge >= 0.3 is 0 Å². The van der Waals surface area contributed by atoms with Crippen LogP contribution < -0.4 is 4.90 Å². The van der Waals surface area contributed by atoms with Crippen LogP contribution in [0.2, 0.25) is 0 Å². The molecule has 0 saturated heterocycles. The van der Waals surface area contributed by atoms with Gasteiger partial charge in [-0.15, -0.1) is 0 Å². The van der Waals surface area contributed by atoms with Gasteiger partial charge in [0.25, 0.3) is 0 Å². The Morgan fingerprint density at radius 1 is 1.38 bits per heavy atom. The van der Waals surface area contributed by atoms with Gasteiger partial charge in [-0.05, 0) is 30.5 Å². The lowest BCUT2D eigenvalue weighted by molar-refractivity contribution is 0.281. The number of aliphatic hydroxyl groups is 1. The number of anilines is 1. The summed E-state index contributed by atoms with van der Waals surface area (Å²) in [5.41, 5.74) is 1.55. The number of hydrogen-bond donors (Lipinski definition) is 1. The van der Waals surface area contributed by atoms with Crippen LogP contribution in [-0.4, -0.2) is 18.7 Å². The van der Waals surface area contributed by atoms with Gasteiger partial charge < -0.3 is 10.0 Å². The summed E-state index contributed by atoms with van der Waals surface area (Å²) in [6.45, 7) is 5.13. The van der Waals surface area contributed by atoms with Crippen molar-refractivity contribution < 1.29 is 9.50 Å². The first-order chi connectivity index (χ1) is 7.54. The van der Waals surface area contributed by atoms with Crippen LogP contribution in [0.3, 0.4) is 0 Å². The van der Waals surface area contributed by atoms with Crippen molar-refractivity contribution in [3.05, 3.63) is 29.6 Å². The fourth-order valence-electron chi connectivity index (χ4n) is 1.63. The van der Waals surface area contributed by atoms with Crippen molar-refractivity contribution in [2.45, 2.75) is 26.9 Å². The number of benzene rings is 1. The predicted octanol–water partition coefficient (Wildman–Crippen LogP) is 2.80. The van der Waals surface area contributed by atoms with Crippen molar-refractivity contribution in [2.75, 3.05) is 18.5 Å². The second kappa shape index (κ2) is 5.85. The zero-order chi connectivity index (χ0) is 12.1. The highest BCUT2D eigenvalue weighted by molar-refractivity contribution is 5.52. The third kappa shape index (κ3) is 3.49. The summed E-state index contributed by atoms with van der Waals surface area (Å²) in [6.07, 6.45) is 1.08. The number of aliphatic hydroxyl groups excluding tert-OH is 1. The zero-order valence-corrected chi connectivity index (χ0v) is 10.2. The van der Waals surface area contributed by atoms with E-state index in [9.17, 15) is 9.50 Å². The molecule has 0 amide bonds. The fraction of sp³-hybridized carbons (Fsp3) is 0.538. The SMILES string of the molecule is CC(C)CCN(C)c1ccc(F)cc1CO. The lowest BCUT2D eigenvalue weighted by Crippen LogP contribution is -2.21. The number of hydrogen-bond acceptors (Lipinski definition) is 2. The van der Waals surface area contributed by atoms with Gasteiger partial charge in [0, 0.05) is 24.8 Å². The molecule has 0 unspecified atom stereocenters. The van der Waals surface area contributed by atoms with Gasteiger partial charge in [-0.25, -0.2) is 4.39 Å². The number of rotatable bonds is 5. The quantitative estimate of drug-likeness (QED) is 0.833. The molecular formula is C13H20FNO. The van der Waals surface area contributed by atoms with Gasteiger partial charge in [0.2, 0.25) is 0 Å². The summed E-state index contributed by atoms with van der Waals surface area (Å²) in [5, 5.41) is 9.18. The first-order valence-electron chi connectivity index (χ1n) is 5.65. The first-order valence-corrected chi connectivity index (χ1v) is 5.65. The molecule has 0 spiro atoms. The molecule has 3 heteroatoms. The topological polar surface area (TPSA) is 23.5 Å². The van der Waals surface area contributed by atoms with E-state index < -0.39 is 0 Å². The first kappa shape index (κ1) is 13.0. The Bertz CT molecular complexity index is 339. The highest BCUT2D eigenvalue weighted by Crippen LogP contribution is 2.21. The molecule has 0 atom stereocenters. The van der Waals surface area contributed by atoms with Crippen molar-refractivity contribution in [1.29, 1.82) is 0 Å². The molecule has 0 heterocycles. The van der Waals surface area contributed by atoms with E-state index in [1.807, 2.05) is 7.05 Å². The van der Waals surface area contributed by atoms with Gasteiger partial charge in [-0.1, -0.05) is 13.8 Å². The van der Waals surface area contributed by atoms with Crippen molar-refractivity contribution in [1.82, 2.24) is 0 Å². The minimum atomic E-state index is -0.301. The van der Waals surface area contributed by atoms with Crippen LogP contribution in [-0.2, 0) is 6.61 Å². The molecule has 16 heavy (non-hydrogen) atoms. The van der Waals surface area contributed by atoms with E-state index in [0.717, 1.165) is 18.7 Å². The Morgan fingerprint density at radius 3 is 2.62 bits per heavy atom. The average molecular weight is 225 g/mol. The molecule has 1 aromatic rings. The van der Waals surface area contributed by atoms with E-state index in [0.29, 0.717) is 11.5 Å². The van der Waals surface area contributed by atoms with Crippen LogP contribution in [0.4, 0.5) is 10.1 Å². The van der Waals surface area contributed by atoms with E-state index in [1.54, 1.807) is 6.07 Å². The summed E-state index contributed by atoms with van der Waals surface area (Å²) in [6, 6.07) is 4.54. The van der Waals surface area contributed by atoms with Crippen LogP contribution in [0.1, 0.15) is 25.8 Å². The van der Waals surface area contributed by atoms with Crippen LogP contribution in [0.25, 0.3) is 0 Å². The molecule has 0 bridgehead atoms. The largest absolute Gasteiger partial charge is 0.392 e. The molecule has 0 aliphatic carbocycles. The smallest absolute Gasteiger partial charge is 0.123 e. The normalized spacial score (nSPS) is 10.9. The van der Waals surface area contributed by atoms with Gasteiger partial charge in [-0.2, -0.15) is 0 Å². The summed E-state index contributed by atoms with van der Waals surface area (Å²) >= 11 is 0. The maximum Gasteiger partial charge on any atom is 0.123 e. The van der Waals surface area contributed by atoms with Crippen molar-refractivity contribution >= 4 is 5.69 Å². The van der Waals surface area contributed by atoms with Gasteiger partial charge in [0.15, 0.2) is 0 Å². The second-order valence-corrected chi connectivity index (χ2v) is 4.54. The molecule has 1 aromatic carbocycles. The molecule has 0 saturated carbocycles. The van der Waals surface area contributed by atoms with Crippen LogP contribution in [0.5, 0.6) is 0 Å². The highest BCUT2D eigenvalue weighted by atomic mass is 19.1. The maximum absolute atomic E-state index is 13.0. The Morgan fingerprint density at radius 2 is 2.06 bits per heavy atom. The molecule has 0 aromatic heterocycles. The van der Waals surface area contributed by atoms with E-state index in [4.69, 9.17) is 0 Å². The minimum absolute atomic E-state index is 0.126. The molecule has 0 aliphatic rings. The standard InChI is InChI=1S/C13H20FNO/c1-10(2)6-7-15(3)13-5-4-12(14)8-11(13)9-16/h4-5,8,10,16H,6-7,9H2,1-3H3. The predicted molar refractivity (Wildman–Crippen MR) is 65.0 cm³/mol. The average Bonchev–Trinajstić information content (AvgIpc) is 2.25. The van der Waals surface area contributed by atoms with E-state index in [2.05, 4.69) is 18.7 Å². The Labute approximate surface area is 96.7 Å². The monoisotopic (exact) mass is 225 g/mol. The summed E-state index contributed by atoms with van der Waals surface area (Å²) in [7, 11) is 1.97. The Balaban J connectivity index is 2.77. The van der Waals surface area contributed by atoms with Crippen LogP contribution in [0, 0.1) is 11.7 Å². The molecule has 0 fully saturated rings. The van der Waals surface area contributed by atoms with E-state index in [1.165, 1.54) is 12.1 Å². The number of nitrogens with zero attached hydrogens (tertiary/aromatic N) is 1. The Hall–Kier alpha value is -1.09. The molecule has 1 N–H and O–H groups in total.